The van der Waals surface area contributed by atoms with Gasteiger partial charge in [0, 0.05) is 17.1 Å². The van der Waals surface area contributed by atoms with Gasteiger partial charge in [0.1, 0.15) is 5.82 Å². The van der Waals surface area contributed by atoms with E-state index in [0.717, 1.165) is 38.2 Å². The molecule has 7 heteroatoms. The molecule has 5 nitrogen and oxygen atoms in total. The van der Waals surface area contributed by atoms with Crippen molar-refractivity contribution in [3.63, 3.8) is 0 Å². The largest absolute Gasteiger partial charge is 0.333 e. The fourth-order valence-electron chi connectivity index (χ4n) is 3.42. The quantitative estimate of drug-likeness (QED) is 0.262. The zero-order valence-corrected chi connectivity index (χ0v) is 17.7. The Balaban J connectivity index is 1.24. The molecule has 5 rings (SSSR count). The van der Waals surface area contributed by atoms with Gasteiger partial charge in [-0.3, -0.25) is 0 Å². The molecule has 0 saturated heterocycles. The third-order valence-corrected chi connectivity index (χ3v) is 5.96. The number of aromatic nitrogens is 2. The average Bonchev–Trinajstić information content (AvgIpc) is 3.21. The number of carbonyl (C=O) groups is 1. The number of fused-ring (bicyclic) bond motifs is 2. The third kappa shape index (κ3) is 4.58. The van der Waals surface area contributed by atoms with E-state index < -0.39 is 0 Å². The minimum atomic E-state index is -0.318. The van der Waals surface area contributed by atoms with Crippen molar-refractivity contribution >= 4 is 51.0 Å². The first-order valence-corrected chi connectivity index (χ1v) is 11.0. The Bertz CT molecular complexity index is 1410. The lowest BCUT2D eigenvalue weighted by molar-refractivity contribution is 0.262. The minimum absolute atomic E-state index is 0.243. The molecular weight excluding hydrogens is 423 g/mol. The molecule has 0 bridgehead atoms. The molecule has 32 heavy (non-hydrogen) atoms. The van der Waals surface area contributed by atoms with Gasteiger partial charge in [0.15, 0.2) is 5.16 Å². The number of imidazole rings is 1. The van der Waals surface area contributed by atoms with E-state index in [2.05, 4.69) is 20.6 Å². The van der Waals surface area contributed by atoms with E-state index in [9.17, 15) is 9.18 Å². The molecule has 158 valence electrons. The molecule has 5 aromatic rings. The second-order valence-corrected chi connectivity index (χ2v) is 8.29. The molecule has 2 amide bonds. The second-order valence-electron chi connectivity index (χ2n) is 7.33. The molecule has 1 heterocycles. The number of nitrogens with zero attached hydrogens (tertiary/aromatic N) is 1. The van der Waals surface area contributed by atoms with Gasteiger partial charge in [0.2, 0.25) is 0 Å². The highest BCUT2D eigenvalue weighted by Crippen LogP contribution is 2.25. The number of anilines is 2. The first kappa shape index (κ1) is 20.1. The van der Waals surface area contributed by atoms with Crippen LogP contribution in [0.2, 0.25) is 0 Å². The van der Waals surface area contributed by atoms with Gasteiger partial charge in [-0.25, -0.2) is 14.2 Å². The number of aromatic amines is 1. The Morgan fingerprint density at radius 2 is 1.59 bits per heavy atom. The van der Waals surface area contributed by atoms with Gasteiger partial charge in [-0.05, 0) is 58.8 Å². The molecule has 0 spiro atoms. The number of H-pyrrole nitrogens is 1. The summed E-state index contributed by atoms with van der Waals surface area (Å²) < 4.78 is 13.0. The van der Waals surface area contributed by atoms with Crippen LogP contribution in [0.5, 0.6) is 0 Å². The van der Waals surface area contributed by atoms with E-state index in [1.54, 1.807) is 12.1 Å². The smallest absolute Gasteiger partial charge is 0.323 e. The summed E-state index contributed by atoms with van der Waals surface area (Å²) in [7, 11) is 0. The first-order chi connectivity index (χ1) is 15.6. The summed E-state index contributed by atoms with van der Waals surface area (Å²) in [5.74, 6) is 0.437. The Morgan fingerprint density at radius 1 is 0.875 bits per heavy atom. The number of urea groups is 1. The molecule has 0 aliphatic carbocycles. The molecule has 0 atom stereocenters. The predicted molar refractivity (Wildman–Crippen MR) is 129 cm³/mol. The second kappa shape index (κ2) is 8.72. The maximum atomic E-state index is 13.0. The molecule has 4 aromatic carbocycles. The van der Waals surface area contributed by atoms with Crippen molar-refractivity contribution in [2.24, 2.45) is 0 Å². The van der Waals surface area contributed by atoms with Crippen LogP contribution in [0.4, 0.5) is 20.6 Å². The molecule has 0 radical (unpaired) electrons. The molecule has 3 N–H and O–H groups in total. The monoisotopic (exact) mass is 442 g/mol. The van der Waals surface area contributed by atoms with Crippen molar-refractivity contribution in [1.82, 2.24) is 9.97 Å². The lowest BCUT2D eigenvalue weighted by Crippen LogP contribution is -2.19. The number of carbonyl (C=O) groups excluding carboxylic acids is 1. The van der Waals surface area contributed by atoms with Gasteiger partial charge in [-0.2, -0.15) is 0 Å². The summed E-state index contributed by atoms with van der Waals surface area (Å²) >= 11 is 1.54. The molecule has 1 aromatic heterocycles. The zero-order chi connectivity index (χ0) is 21.9. The van der Waals surface area contributed by atoms with E-state index in [1.165, 1.54) is 23.9 Å². The van der Waals surface area contributed by atoms with Crippen LogP contribution in [0, 0.1) is 5.82 Å². The van der Waals surface area contributed by atoms with Crippen LogP contribution in [0.15, 0.2) is 90.1 Å². The van der Waals surface area contributed by atoms with E-state index in [4.69, 9.17) is 0 Å². The van der Waals surface area contributed by atoms with Crippen LogP contribution in [-0.4, -0.2) is 16.0 Å². The number of rotatable bonds is 5. The van der Waals surface area contributed by atoms with E-state index in [0.29, 0.717) is 11.4 Å². The highest BCUT2D eigenvalue weighted by molar-refractivity contribution is 7.98. The number of hydrogen-bond donors (Lipinski definition) is 3. The van der Waals surface area contributed by atoms with Crippen molar-refractivity contribution < 1.29 is 9.18 Å². The number of amides is 2. The number of halogens is 1. The van der Waals surface area contributed by atoms with Crippen LogP contribution in [0.25, 0.3) is 21.8 Å². The lowest BCUT2D eigenvalue weighted by atomic mass is 10.1. The van der Waals surface area contributed by atoms with E-state index in [1.807, 2.05) is 60.7 Å². The summed E-state index contributed by atoms with van der Waals surface area (Å²) in [6.45, 7) is 0. The summed E-state index contributed by atoms with van der Waals surface area (Å²) in [5, 5.41) is 8.68. The zero-order valence-electron chi connectivity index (χ0n) is 16.9. The molecule has 0 unspecified atom stereocenters. The normalized spacial score (nSPS) is 11.0. The van der Waals surface area contributed by atoms with E-state index >= 15 is 0 Å². The Hall–Kier alpha value is -3.84. The highest BCUT2D eigenvalue weighted by atomic mass is 32.2. The maximum absolute atomic E-state index is 13.0. The van der Waals surface area contributed by atoms with Crippen molar-refractivity contribution in [2.75, 3.05) is 10.6 Å². The number of hydrogen-bond acceptors (Lipinski definition) is 3. The van der Waals surface area contributed by atoms with Crippen molar-refractivity contribution in [3.05, 3.63) is 96.3 Å². The fourth-order valence-corrected chi connectivity index (χ4v) is 4.26. The maximum Gasteiger partial charge on any atom is 0.323 e. The molecule has 0 fully saturated rings. The van der Waals surface area contributed by atoms with Gasteiger partial charge in [0.25, 0.3) is 0 Å². The summed E-state index contributed by atoms with van der Waals surface area (Å²) in [6, 6.07) is 25.5. The Labute approximate surface area is 188 Å². The standard InChI is InChI=1S/C25H19FN4OS/c26-19-8-5-16(6-9-19)15-32-25-29-22-12-11-21(14-23(22)30-25)28-24(31)27-20-10-7-17-3-1-2-4-18(17)13-20/h1-14H,15H2,(H,29,30)(H2,27,28,31). The van der Waals surface area contributed by atoms with Gasteiger partial charge in [-0.15, -0.1) is 0 Å². The number of thioether (sulfide) groups is 1. The first-order valence-electron chi connectivity index (χ1n) is 10.1. The predicted octanol–water partition coefficient (Wildman–Crippen LogP) is 6.79. The highest BCUT2D eigenvalue weighted by Gasteiger charge is 2.08. The van der Waals surface area contributed by atoms with Crippen LogP contribution >= 0.6 is 11.8 Å². The summed E-state index contributed by atoms with van der Waals surface area (Å²) in [6.07, 6.45) is 0. The van der Waals surface area contributed by atoms with Crippen LogP contribution in [0.1, 0.15) is 5.56 Å². The van der Waals surface area contributed by atoms with Crippen LogP contribution < -0.4 is 10.6 Å². The molecule has 0 aliphatic rings. The third-order valence-electron chi connectivity index (χ3n) is 5.02. The molecule has 0 saturated carbocycles. The van der Waals surface area contributed by atoms with Crippen molar-refractivity contribution in [1.29, 1.82) is 0 Å². The minimum Gasteiger partial charge on any atom is -0.333 e. The average molecular weight is 443 g/mol. The van der Waals surface area contributed by atoms with Crippen molar-refractivity contribution in [2.45, 2.75) is 10.9 Å². The van der Waals surface area contributed by atoms with Gasteiger partial charge in [0.05, 0.1) is 11.0 Å². The van der Waals surface area contributed by atoms with Crippen LogP contribution in [-0.2, 0) is 5.75 Å². The summed E-state index contributed by atoms with van der Waals surface area (Å²) in [4.78, 5) is 20.3. The fraction of sp³-hybridized carbons (Fsp3) is 0.0400. The molecular formula is C25H19FN4OS. The molecule has 0 aliphatic heterocycles. The van der Waals surface area contributed by atoms with E-state index in [-0.39, 0.29) is 11.8 Å². The number of nitrogens with one attached hydrogen (secondary N) is 3. The Morgan fingerprint density at radius 3 is 2.41 bits per heavy atom. The van der Waals surface area contributed by atoms with Crippen LogP contribution in [0.3, 0.4) is 0 Å². The van der Waals surface area contributed by atoms with Crippen molar-refractivity contribution in [3.8, 4) is 0 Å². The van der Waals surface area contributed by atoms with Gasteiger partial charge in [-0.1, -0.05) is 54.2 Å². The number of benzene rings is 4. The summed E-state index contributed by atoms with van der Waals surface area (Å²) in [5.41, 5.74) is 4.03. The van der Waals surface area contributed by atoms with Gasteiger partial charge >= 0.3 is 6.03 Å². The Kier molecular flexibility index (Phi) is 5.47. The topological polar surface area (TPSA) is 69.8 Å². The van der Waals surface area contributed by atoms with Gasteiger partial charge < -0.3 is 15.6 Å². The SMILES string of the molecule is O=C(Nc1ccc2ccccc2c1)Nc1ccc2[nH]c(SCc3ccc(F)cc3)nc2c1. The lowest BCUT2D eigenvalue weighted by Gasteiger charge is -2.08.